The fourth-order valence-corrected chi connectivity index (χ4v) is 1.15. The van der Waals surface area contributed by atoms with E-state index in [1.54, 1.807) is 0 Å². The Balaban J connectivity index is 2.15. The molecular formula is C10H9BN. The average Bonchev–Trinajstić information content (AvgIpc) is 2.59. The van der Waals surface area contributed by atoms with Gasteiger partial charge in [0.1, 0.15) is 0 Å². The molecule has 1 aromatic carbocycles. The summed E-state index contributed by atoms with van der Waals surface area (Å²) in [4.78, 5) is 0. The van der Waals surface area contributed by atoms with Crippen molar-refractivity contribution in [2.45, 2.75) is 0 Å². The van der Waals surface area contributed by atoms with E-state index in [0.29, 0.717) is 0 Å². The lowest BCUT2D eigenvalue weighted by atomic mass is 9.83. The highest BCUT2D eigenvalue weighted by atomic mass is 14.8. The first-order valence-corrected chi connectivity index (χ1v) is 3.97. The molecule has 2 aromatic rings. The lowest BCUT2D eigenvalue weighted by molar-refractivity contribution is 1.24. The van der Waals surface area contributed by atoms with E-state index in [0.717, 1.165) is 0 Å². The first-order chi connectivity index (χ1) is 5.95. The Labute approximate surface area is 72.9 Å². The van der Waals surface area contributed by atoms with Crippen LogP contribution in [0.1, 0.15) is 0 Å². The third-order valence-corrected chi connectivity index (χ3v) is 1.73. The largest absolute Gasteiger partial charge is 0.397 e. The molecule has 0 spiro atoms. The number of benzene rings is 1. The summed E-state index contributed by atoms with van der Waals surface area (Å²) in [7, 11) is 2.08. The molecule has 2 heteroatoms. The van der Waals surface area contributed by atoms with Gasteiger partial charge in [-0.25, -0.2) is 0 Å². The predicted molar refractivity (Wildman–Crippen MR) is 51.7 cm³/mol. The molecule has 2 rings (SSSR count). The summed E-state index contributed by atoms with van der Waals surface area (Å²) in [6, 6.07) is 14.3. The number of hydrogen-bond acceptors (Lipinski definition) is 0. The number of rotatable bonds is 2. The van der Waals surface area contributed by atoms with Crippen molar-refractivity contribution in [3.05, 3.63) is 54.9 Å². The smallest absolute Gasteiger partial charge is 0.289 e. The van der Waals surface area contributed by atoms with Crippen LogP contribution in [-0.2, 0) is 0 Å². The molecule has 0 amide bonds. The molecule has 12 heavy (non-hydrogen) atoms. The first-order valence-electron chi connectivity index (χ1n) is 3.97. The molecule has 0 N–H and O–H groups in total. The number of aromatic nitrogens is 1. The molecule has 0 fully saturated rings. The van der Waals surface area contributed by atoms with Crippen LogP contribution in [0.4, 0.5) is 0 Å². The molecule has 0 atom stereocenters. The van der Waals surface area contributed by atoms with E-state index in [1.165, 1.54) is 5.46 Å². The molecule has 1 radical (unpaired) electrons. The van der Waals surface area contributed by atoms with Gasteiger partial charge in [-0.2, -0.15) is 0 Å². The molecule has 0 aliphatic carbocycles. The van der Waals surface area contributed by atoms with Gasteiger partial charge < -0.3 is 4.48 Å². The second-order valence-corrected chi connectivity index (χ2v) is 2.67. The van der Waals surface area contributed by atoms with E-state index < -0.39 is 0 Å². The van der Waals surface area contributed by atoms with Gasteiger partial charge >= 0.3 is 0 Å². The van der Waals surface area contributed by atoms with E-state index >= 15 is 0 Å². The normalized spacial score (nSPS) is 9.67. The van der Waals surface area contributed by atoms with E-state index in [9.17, 15) is 0 Å². The van der Waals surface area contributed by atoms with Crippen LogP contribution in [-0.4, -0.2) is 11.9 Å². The maximum absolute atomic E-state index is 2.08. The van der Waals surface area contributed by atoms with Crippen molar-refractivity contribution >= 4 is 12.9 Å². The minimum absolute atomic E-state index is 1.22. The molecule has 0 aliphatic rings. The van der Waals surface area contributed by atoms with Gasteiger partial charge in [-0.3, -0.25) is 0 Å². The zero-order valence-electron chi connectivity index (χ0n) is 6.72. The molecule has 1 nitrogen and oxygen atoms in total. The molecule has 0 aliphatic heterocycles. The van der Waals surface area contributed by atoms with Crippen LogP contribution in [0.2, 0.25) is 0 Å². The molecule has 0 saturated heterocycles. The fourth-order valence-electron chi connectivity index (χ4n) is 1.15. The van der Waals surface area contributed by atoms with Gasteiger partial charge in [0.2, 0.25) is 0 Å². The van der Waals surface area contributed by atoms with Crippen molar-refractivity contribution in [2.75, 3.05) is 0 Å². The van der Waals surface area contributed by atoms with Gasteiger partial charge in [-0.15, -0.1) is 0 Å². The maximum Gasteiger partial charge on any atom is 0.289 e. The quantitative estimate of drug-likeness (QED) is 0.574. The van der Waals surface area contributed by atoms with Gasteiger partial charge in [0.05, 0.1) is 0 Å². The summed E-state index contributed by atoms with van der Waals surface area (Å²) in [5.74, 6) is 0. The number of hydrogen-bond donors (Lipinski definition) is 0. The van der Waals surface area contributed by atoms with Crippen LogP contribution in [0.15, 0.2) is 54.9 Å². The standard InChI is InChI=1S/C10H9BN/c1-2-6-10(7-3-1)11-12-8-4-5-9-12/h1-9H. The second kappa shape index (κ2) is 3.31. The summed E-state index contributed by atoms with van der Waals surface area (Å²) < 4.78 is 2.04. The Bertz CT molecular complexity index is 326. The lowest BCUT2D eigenvalue weighted by Gasteiger charge is -1.98. The average molecular weight is 154 g/mol. The summed E-state index contributed by atoms with van der Waals surface area (Å²) in [6.45, 7) is 0. The molecule has 0 bridgehead atoms. The lowest BCUT2D eigenvalue weighted by Crippen LogP contribution is -2.20. The van der Waals surface area contributed by atoms with Gasteiger partial charge in [-0.05, 0) is 24.5 Å². The first kappa shape index (κ1) is 7.23. The van der Waals surface area contributed by atoms with Gasteiger partial charge in [0.15, 0.2) is 0 Å². The Kier molecular flexibility index (Phi) is 1.99. The Morgan fingerprint density at radius 1 is 0.833 bits per heavy atom. The van der Waals surface area contributed by atoms with Gasteiger partial charge in [0, 0.05) is 0 Å². The van der Waals surface area contributed by atoms with Crippen molar-refractivity contribution in [2.24, 2.45) is 0 Å². The van der Waals surface area contributed by atoms with Crippen molar-refractivity contribution < 1.29 is 0 Å². The van der Waals surface area contributed by atoms with Crippen molar-refractivity contribution in [3.63, 3.8) is 0 Å². The molecule has 57 valence electrons. The summed E-state index contributed by atoms with van der Waals surface area (Å²) >= 11 is 0. The van der Waals surface area contributed by atoms with Crippen LogP contribution in [0.3, 0.4) is 0 Å². The second-order valence-electron chi connectivity index (χ2n) is 2.67. The molecule has 0 unspecified atom stereocenters. The third kappa shape index (κ3) is 1.59. The van der Waals surface area contributed by atoms with E-state index in [4.69, 9.17) is 0 Å². The number of nitrogens with zero attached hydrogens (tertiary/aromatic N) is 1. The molecule has 0 saturated carbocycles. The zero-order valence-corrected chi connectivity index (χ0v) is 6.72. The Morgan fingerprint density at radius 2 is 1.50 bits per heavy atom. The fraction of sp³-hybridized carbons (Fsp3) is 0. The monoisotopic (exact) mass is 154 g/mol. The predicted octanol–water partition coefficient (Wildman–Crippen LogP) is 1.28. The Morgan fingerprint density at radius 3 is 2.17 bits per heavy atom. The van der Waals surface area contributed by atoms with Gasteiger partial charge in [-0.1, -0.05) is 35.8 Å². The third-order valence-electron chi connectivity index (χ3n) is 1.73. The van der Waals surface area contributed by atoms with Crippen LogP contribution >= 0.6 is 0 Å². The molecule has 1 aromatic heterocycles. The zero-order chi connectivity index (χ0) is 8.23. The highest BCUT2D eigenvalue weighted by Crippen LogP contribution is 1.87. The molecular weight excluding hydrogens is 145 g/mol. The van der Waals surface area contributed by atoms with Crippen molar-refractivity contribution in [1.82, 2.24) is 4.48 Å². The highest BCUT2D eigenvalue weighted by molar-refractivity contribution is 6.51. The molecule has 1 heterocycles. The SMILES string of the molecule is [B](c1ccccc1)n1cccc1. The minimum Gasteiger partial charge on any atom is -0.397 e. The summed E-state index contributed by atoms with van der Waals surface area (Å²) in [6.07, 6.45) is 4.04. The Hall–Kier alpha value is -1.44. The van der Waals surface area contributed by atoms with Crippen molar-refractivity contribution in [3.8, 4) is 0 Å². The van der Waals surface area contributed by atoms with Crippen LogP contribution in [0.5, 0.6) is 0 Å². The summed E-state index contributed by atoms with van der Waals surface area (Å²) in [5.41, 5.74) is 1.22. The van der Waals surface area contributed by atoms with E-state index in [1.807, 2.05) is 47.2 Å². The maximum atomic E-state index is 2.08. The van der Waals surface area contributed by atoms with Crippen LogP contribution < -0.4 is 5.46 Å². The summed E-state index contributed by atoms with van der Waals surface area (Å²) in [5, 5.41) is 0. The van der Waals surface area contributed by atoms with E-state index in [-0.39, 0.29) is 0 Å². The minimum atomic E-state index is 1.22. The van der Waals surface area contributed by atoms with E-state index in [2.05, 4.69) is 19.5 Å². The topological polar surface area (TPSA) is 4.93 Å². The van der Waals surface area contributed by atoms with Crippen LogP contribution in [0.25, 0.3) is 0 Å². The van der Waals surface area contributed by atoms with Crippen LogP contribution in [0, 0.1) is 0 Å². The van der Waals surface area contributed by atoms with Crippen molar-refractivity contribution in [1.29, 1.82) is 0 Å². The highest BCUT2D eigenvalue weighted by Gasteiger charge is 1.94. The van der Waals surface area contributed by atoms with Gasteiger partial charge in [0.25, 0.3) is 7.41 Å².